The van der Waals surface area contributed by atoms with E-state index < -0.39 is 0 Å². The molecule has 4 heteroatoms. The normalized spacial score (nSPS) is 19.4. The molecule has 1 aromatic carbocycles. The molecular weight excluding hydrogens is 276 g/mol. The van der Waals surface area contributed by atoms with Crippen LogP contribution < -0.4 is 5.32 Å². The monoisotopic (exact) mass is 302 g/mol. The van der Waals surface area contributed by atoms with Gasteiger partial charge in [-0.1, -0.05) is 24.6 Å². The zero-order chi connectivity index (χ0) is 16.4. The van der Waals surface area contributed by atoms with Crippen LogP contribution >= 0.6 is 0 Å². The minimum Gasteiger partial charge on any atom is -0.339 e. The van der Waals surface area contributed by atoms with Gasteiger partial charge in [0.2, 0.25) is 11.8 Å². The second-order valence-corrected chi connectivity index (χ2v) is 6.47. The highest BCUT2D eigenvalue weighted by molar-refractivity contribution is 5.98. The smallest absolute Gasteiger partial charge is 0.229 e. The summed E-state index contributed by atoms with van der Waals surface area (Å²) in [6.45, 7) is 10.7. The summed E-state index contributed by atoms with van der Waals surface area (Å²) >= 11 is 0. The van der Waals surface area contributed by atoms with Crippen LogP contribution in [0.2, 0.25) is 0 Å². The van der Waals surface area contributed by atoms with Crippen molar-refractivity contribution in [2.24, 2.45) is 5.92 Å². The van der Waals surface area contributed by atoms with E-state index in [1.54, 1.807) is 0 Å². The zero-order valence-corrected chi connectivity index (χ0v) is 14.2. The Bertz CT molecular complexity index is 572. The first-order chi connectivity index (χ1) is 10.3. The molecule has 1 heterocycles. The van der Waals surface area contributed by atoms with E-state index in [4.69, 9.17) is 0 Å². The van der Waals surface area contributed by atoms with Crippen molar-refractivity contribution in [1.29, 1.82) is 0 Å². The van der Waals surface area contributed by atoms with Crippen molar-refractivity contribution in [3.63, 3.8) is 0 Å². The third-order valence-electron chi connectivity index (χ3n) is 4.58. The van der Waals surface area contributed by atoms with Gasteiger partial charge in [0.1, 0.15) is 0 Å². The predicted octanol–water partition coefficient (Wildman–Crippen LogP) is 3.20. The Kier molecular flexibility index (Phi) is 4.89. The standard InChI is InChI=1S/C18H26N2O2/c1-6-14(5)20-10-15(9-16(20)21)18(22)19-17-12(3)7-11(2)8-13(17)4/h7-8,14-15H,6,9-10H2,1-5H3,(H,19,22). The molecule has 1 aliphatic heterocycles. The summed E-state index contributed by atoms with van der Waals surface area (Å²) in [6, 6.07) is 4.33. The van der Waals surface area contributed by atoms with Crippen molar-refractivity contribution in [2.45, 2.75) is 53.5 Å². The van der Waals surface area contributed by atoms with E-state index in [1.807, 2.05) is 32.6 Å². The molecule has 22 heavy (non-hydrogen) atoms. The van der Waals surface area contributed by atoms with Crippen molar-refractivity contribution in [3.8, 4) is 0 Å². The third kappa shape index (κ3) is 3.32. The van der Waals surface area contributed by atoms with Gasteiger partial charge in [-0.25, -0.2) is 0 Å². The summed E-state index contributed by atoms with van der Waals surface area (Å²) in [6.07, 6.45) is 1.23. The Morgan fingerprint density at radius 2 is 1.91 bits per heavy atom. The number of aryl methyl sites for hydroxylation is 3. The first-order valence-electron chi connectivity index (χ1n) is 8.01. The SMILES string of the molecule is CCC(C)N1CC(C(=O)Nc2c(C)cc(C)cc2C)CC1=O. The van der Waals surface area contributed by atoms with Crippen molar-refractivity contribution in [3.05, 3.63) is 28.8 Å². The molecule has 2 atom stereocenters. The fourth-order valence-electron chi connectivity index (χ4n) is 3.16. The van der Waals surface area contributed by atoms with E-state index in [-0.39, 0.29) is 23.8 Å². The first-order valence-corrected chi connectivity index (χ1v) is 8.01. The van der Waals surface area contributed by atoms with E-state index in [1.165, 1.54) is 5.56 Å². The highest BCUT2D eigenvalue weighted by Crippen LogP contribution is 2.26. The van der Waals surface area contributed by atoms with Gasteiger partial charge in [-0.3, -0.25) is 9.59 Å². The van der Waals surface area contributed by atoms with Crippen molar-refractivity contribution in [1.82, 2.24) is 4.90 Å². The summed E-state index contributed by atoms with van der Waals surface area (Å²) in [5.41, 5.74) is 4.19. The molecular formula is C18H26N2O2. The van der Waals surface area contributed by atoms with Crippen LogP contribution in [0.1, 0.15) is 43.4 Å². The third-order valence-corrected chi connectivity index (χ3v) is 4.58. The zero-order valence-electron chi connectivity index (χ0n) is 14.2. The van der Waals surface area contributed by atoms with Gasteiger partial charge >= 0.3 is 0 Å². The van der Waals surface area contributed by atoms with Gasteiger partial charge in [0.25, 0.3) is 0 Å². The van der Waals surface area contributed by atoms with E-state index in [2.05, 4.69) is 24.4 Å². The molecule has 1 saturated heterocycles. The number of hydrogen-bond acceptors (Lipinski definition) is 2. The Morgan fingerprint density at radius 1 is 1.32 bits per heavy atom. The van der Waals surface area contributed by atoms with Gasteiger partial charge in [-0.05, 0) is 45.2 Å². The number of anilines is 1. The van der Waals surface area contributed by atoms with E-state index in [9.17, 15) is 9.59 Å². The topological polar surface area (TPSA) is 49.4 Å². The van der Waals surface area contributed by atoms with E-state index in [0.717, 1.165) is 23.2 Å². The summed E-state index contributed by atoms with van der Waals surface area (Å²) in [7, 11) is 0. The molecule has 1 aliphatic rings. The molecule has 1 N–H and O–H groups in total. The van der Waals surface area contributed by atoms with Gasteiger partial charge in [0.05, 0.1) is 5.92 Å². The molecule has 2 amide bonds. The maximum atomic E-state index is 12.5. The van der Waals surface area contributed by atoms with Crippen molar-refractivity contribution < 1.29 is 9.59 Å². The van der Waals surface area contributed by atoms with Crippen molar-refractivity contribution >= 4 is 17.5 Å². The maximum Gasteiger partial charge on any atom is 0.229 e. The van der Waals surface area contributed by atoms with E-state index >= 15 is 0 Å². The molecule has 0 radical (unpaired) electrons. The van der Waals surface area contributed by atoms with Crippen LogP contribution in [-0.4, -0.2) is 29.3 Å². The lowest BCUT2D eigenvalue weighted by Gasteiger charge is -2.23. The fourth-order valence-corrected chi connectivity index (χ4v) is 3.16. The number of carbonyl (C=O) groups is 2. The fraction of sp³-hybridized carbons (Fsp3) is 0.556. The Hall–Kier alpha value is -1.84. The van der Waals surface area contributed by atoms with Gasteiger partial charge in [0.15, 0.2) is 0 Å². The predicted molar refractivity (Wildman–Crippen MR) is 88.9 cm³/mol. The van der Waals surface area contributed by atoms with E-state index in [0.29, 0.717) is 13.0 Å². The molecule has 0 aromatic heterocycles. The summed E-state index contributed by atoms with van der Waals surface area (Å²) in [5.74, 6) is -0.206. The van der Waals surface area contributed by atoms with Crippen LogP contribution in [0.4, 0.5) is 5.69 Å². The quantitative estimate of drug-likeness (QED) is 0.928. The number of amides is 2. The van der Waals surface area contributed by atoms with Crippen LogP contribution in [-0.2, 0) is 9.59 Å². The molecule has 2 unspecified atom stereocenters. The number of hydrogen-bond donors (Lipinski definition) is 1. The van der Waals surface area contributed by atoms with Crippen LogP contribution in [0.3, 0.4) is 0 Å². The molecule has 1 aromatic rings. The Labute approximate surface area is 132 Å². The van der Waals surface area contributed by atoms with Gasteiger partial charge < -0.3 is 10.2 Å². The minimum absolute atomic E-state index is 0.0470. The highest BCUT2D eigenvalue weighted by Gasteiger charge is 2.36. The molecule has 1 fully saturated rings. The first kappa shape index (κ1) is 16.5. The number of nitrogens with zero attached hydrogens (tertiary/aromatic N) is 1. The molecule has 0 saturated carbocycles. The molecule has 0 bridgehead atoms. The Morgan fingerprint density at radius 3 is 2.45 bits per heavy atom. The maximum absolute atomic E-state index is 12.5. The summed E-state index contributed by atoms with van der Waals surface area (Å²) < 4.78 is 0. The largest absolute Gasteiger partial charge is 0.339 e. The average Bonchev–Trinajstić information content (AvgIpc) is 2.83. The van der Waals surface area contributed by atoms with Gasteiger partial charge in [-0.2, -0.15) is 0 Å². The lowest BCUT2D eigenvalue weighted by molar-refractivity contribution is -0.129. The van der Waals surface area contributed by atoms with Crippen LogP contribution in [0.25, 0.3) is 0 Å². The summed E-state index contributed by atoms with van der Waals surface area (Å²) in [5, 5.41) is 3.03. The Balaban J connectivity index is 2.10. The molecule has 0 spiro atoms. The van der Waals surface area contributed by atoms with Crippen LogP contribution in [0, 0.1) is 26.7 Å². The van der Waals surface area contributed by atoms with Gasteiger partial charge in [-0.15, -0.1) is 0 Å². The number of carbonyl (C=O) groups excluding carboxylic acids is 2. The molecule has 2 rings (SSSR count). The summed E-state index contributed by atoms with van der Waals surface area (Å²) in [4.78, 5) is 26.4. The van der Waals surface area contributed by atoms with Crippen LogP contribution in [0.5, 0.6) is 0 Å². The average molecular weight is 302 g/mol. The number of rotatable bonds is 4. The lowest BCUT2D eigenvalue weighted by atomic mass is 10.0. The lowest BCUT2D eigenvalue weighted by Crippen LogP contribution is -2.35. The second kappa shape index (κ2) is 6.51. The molecule has 120 valence electrons. The minimum atomic E-state index is -0.249. The second-order valence-electron chi connectivity index (χ2n) is 6.47. The van der Waals surface area contributed by atoms with Crippen molar-refractivity contribution in [2.75, 3.05) is 11.9 Å². The number of nitrogens with one attached hydrogen (secondary N) is 1. The number of likely N-dealkylation sites (tertiary alicyclic amines) is 1. The number of benzene rings is 1. The highest BCUT2D eigenvalue weighted by atomic mass is 16.2. The molecule has 4 nitrogen and oxygen atoms in total. The molecule has 0 aliphatic carbocycles. The van der Waals surface area contributed by atoms with Gasteiger partial charge in [0, 0.05) is 24.7 Å². The van der Waals surface area contributed by atoms with Crippen LogP contribution in [0.15, 0.2) is 12.1 Å².